The van der Waals surface area contributed by atoms with Crippen molar-refractivity contribution in [2.24, 2.45) is 0 Å². The van der Waals surface area contributed by atoms with Gasteiger partial charge in [-0.05, 0) is 13.8 Å². The smallest absolute Gasteiger partial charge is 0.418 e. The van der Waals surface area contributed by atoms with Gasteiger partial charge in [0.25, 0.3) is 0 Å². The van der Waals surface area contributed by atoms with Crippen molar-refractivity contribution in [2.45, 2.75) is 26.6 Å². The van der Waals surface area contributed by atoms with Gasteiger partial charge in [0.15, 0.2) is 0 Å². The van der Waals surface area contributed by atoms with Gasteiger partial charge in [-0.3, -0.25) is 0 Å². The van der Waals surface area contributed by atoms with Gasteiger partial charge in [-0.1, -0.05) is 5.16 Å². The minimum atomic E-state index is -4.71. The zero-order chi connectivity index (χ0) is 15.1. The molecule has 5 nitrogen and oxygen atoms in total. The van der Waals surface area contributed by atoms with E-state index in [2.05, 4.69) is 5.16 Å². The van der Waals surface area contributed by atoms with E-state index in [0.29, 0.717) is 17.0 Å². The van der Waals surface area contributed by atoms with Crippen LogP contribution < -0.4 is 0 Å². The van der Waals surface area contributed by atoms with Crippen molar-refractivity contribution in [3.05, 3.63) is 40.5 Å². The number of aryl methyl sites for hydroxylation is 2. The summed E-state index contributed by atoms with van der Waals surface area (Å²) in [6, 6.07) is 0. The first-order valence-corrected chi connectivity index (χ1v) is 5.62. The average molecular weight is 288 g/mol. The molecule has 2 rings (SSSR count). The molecule has 8 heteroatoms. The molecule has 0 bridgehead atoms. The molecule has 0 aliphatic heterocycles. The van der Waals surface area contributed by atoms with Crippen LogP contribution in [0, 0.1) is 13.8 Å². The lowest BCUT2D eigenvalue weighted by Gasteiger charge is -2.04. The molecular formula is C12H11F3N2O3. The number of carboxylic acids is 1. The number of rotatable bonds is 3. The molecule has 0 aliphatic rings. The Labute approximate surface area is 111 Å². The molecule has 108 valence electrons. The Morgan fingerprint density at radius 3 is 2.45 bits per heavy atom. The lowest BCUT2D eigenvalue weighted by Crippen LogP contribution is -2.09. The van der Waals surface area contributed by atoms with E-state index < -0.39 is 23.3 Å². The number of alkyl halides is 3. The molecule has 0 radical (unpaired) electrons. The summed E-state index contributed by atoms with van der Waals surface area (Å²) < 4.78 is 44.3. The Morgan fingerprint density at radius 2 is 2.05 bits per heavy atom. The van der Waals surface area contributed by atoms with Gasteiger partial charge in [-0.2, -0.15) is 13.2 Å². The summed E-state index contributed by atoms with van der Waals surface area (Å²) in [6.45, 7) is 3.37. The molecule has 0 amide bonds. The van der Waals surface area contributed by atoms with E-state index in [-0.39, 0.29) is 6.54 Å². The Morgan fingerprint density at radius 1 is 1.40 bits per heavy atom. The summed E-state index contributed by atoms with van der Waals surface area (Å²) in [4.78, 5) is 10.9. The predicted molar refractivity (Wildman–Crippen MR) is 61.5 cm³/mol. The van der Waals surface area contributed by atoms with E-state index in [4.69, 9.17) is 9.63 Å². The van der Waals surface area contributed by atoms with Crippen LogP contribution in [-0.4, -0.2) is 20.8 Å². The lowest BCUT2D eigenvalue weighted by atomic mass is 10.2. The topological polar surface area (TPSA) is 68.3 Å². The van der Waals surface area contributed by atoms with E-state index in [1.165, 1.54) is 4.57 Å². The van der Waals surface area contributed by atoms with E-state index in [1.807, 2.05) is 0 Å². The van der Waals surface area contributed by atoms with Crippen LogP contribution in [0.4, 0.5) is 13.2 Å². The van der Waals surface area contributed by atoms with Crippen molar-refractivity contribution in [3.8, 4) is 0 Å². The molecule has 0 saturated heterocycles. The van der Waals surface area contributed by atoms with Gasteiger partial charge in [0.2, 0.25) is 0 Å². The zero-order valence-corrected chi connectivity index (χ0v) is 10.7. The van der Waals surface area contributed by atoms with E-state index in [1.54, 1.807) is 13.8 Å². The maximum absolute atomic E-state index is 12.8. The molecule has 0 atom stereocenters. The monoisotopic (exact) mass is 288 g/mol. The summed E-state index contributed by atoms with van der Waals surface area (Å²) in [6.07, 6.45) is -2.98. The van der Waals surface area contributed by atoms with Gasteiger partial charge in [-0.25, -0.2) is 4.79 Å². The minimum absolute atomic E-state index is 0.0670. The maximum Gasteiger partial charge on any atom is 0.418 e. The number of carbonyl (C=O) groups is 1. The molecule has 20 heavy (non-hydrogen) atoms. The first-order valence-electron chi connectivity index (χ1n) is 5.62. The van der Waals surface area contributed by atoms with Crippen LogP contribution in [0.5, 0.6) is 0 Å². The second kappa shape index (κ2) is 4.69. The molecule has 0 fully saturated rings. The predicted octanol–water partition coefficient (Wildman–Crippen LogP) is 2.86. The van der Waals surface area contributed by atoms with Crippen molar-refractivity contribution in [3.63, 3.8) is 0 Å². The minimum Gasteiger partial charge on any atom is -0.478 e. The average Bonchev–Trinajstić information content (AvgIpc) is 2.87. The summed E-state index contributed by atoms with van der Waals surface area (Å²) in [5.41, 5.74) is -0.756. The van der Waals surface area contributed by atoms with Crippen LogP contribution in [0.2, 0.25) is 0 Å². The molecular weight excluding hydrogens is 277 g/mol. The summed E-state index contributed by atoms with van der Waals surface area (Å²) in [5, 5.41) is 12.5. The molecule has 2 heterocycles. The third kappa shape index (κ3) is 2.54. The number of halogens is 3. The highest BCUT2D eigenvalue weighted by atomic mass is 19.4. The molecule has 0 saturated carbocycles. The third-order valence-corrected chi connectivity index (χ3v) is 2.94. The van der Waals surface area contributed by atoms with Crippen LogP contribution in [-0.2, 0) is 12.7 Å². The SMILES string of the molecule is Cc1noc(C)c1Cn1cc(C(=O)O)c(C(F)(F)F)c1. The van der Waals surface area contributed by atoms with Crippen molar-refractivity contribution < 1.29 is 27.6 Å². The third-order valence-electron chi connectivity index (χ3n) is 2.94. The van der Waals surface area contributed by atoms with Gasteiger partial charge in [-0.15, -0.1) is 0 Å². The van der Waals surface area contributed by atoms with Crippen LogP contribution in [0.1, 0.15) is 32.9 Å². The normalized spacial score (nSPS) is 11.8. The second-order valence-corrected chi connectivity index (χ2v) is 4.36. The molecule has 2 aromatic heterocycles. The summed E-state index contributed by atoms with van der Waals surface area (Å²) in [5.74, 6) is -1.13. The van der Waals surface area contributed by atoms with Crippen LogP contribution >= 0.6 is 0 Å². The van der Waals surface area contributed by atoms with Crippen LogP contribution in [0.3, 0.4) is 0 Å². The summed E-state index contributed by atoms with van der Waals surface area (Å²) >= 11 is 0. The number of carboxylic acid groups (broad SMARTS) is 1. The Hall–Kier alpha value is -2.25. The second-order valence-electron chi connectivity index (χ2n) is 4.36. The standard InChI is InChI=1S/C12H11F3N2O3/c1-6-8(7(2)20-16-6)3-17-4-9(11(18)19)10(5-17)12(13,14)15/h4-5H,3H2,1-2H3,(H,18,19). The van der Waals surface area contributed by atoms with E-state index in [0.717, 1.165) is 12.4 Å². The first kappa shape index (κ1) is 14.2. The van der Waals surface area contributed by atoms with Crippen molar-refractivity contribution in [1.29, 1.82) is 0 Å². The Bertz CT molecular complexity index is 636. The van der Waals surface area contributed by atoms with Crippen molar-refractivity contribution in [1.82, 2.24) is 9.72 Å². The number of aromatic carboxylic acids is 1. The highest BCUT2D eigenvalue weighted by molar-refractivity contribution is 5.89. The fourth-order valence-electron chi connectivity index (χ4n) is 1.91. The number of hydrogen-bond acceptors (Lipinski definition) is 3. The first-order chi connectivity index (χ1) is 9.20. The van der Waals surface area contributed by atoms with Crippen molar-refractivity contribution in [2.75, 3.05) is 0 Å². The van der Waals surface area contributed by atoms with Crippen LogP contribution in [0.15, 0.2) is 16.9 Å². The fourth-order valence-corrected chi connectivity index (χ4v) is 1.91. The van der Waals surface area contributed by atoms with Gasteiger partial charge < -0.3 is 14.2 Å². The fraction of sp³-hybridized carbons (Fsp3) is 0.333. The quantitative estimate of drug-likeness (QED) is 0.943. The molecule has 0 aromatic carbocycles. The Balaban J connectivity index is 2.42. The molecule has 2 aromatic rings. The number of hydrogen-bond donors (Lipinski definition) is 1. The van der Waals surface area contributed by atoms with Gasteiger partial charge in [0.1, 0.15) is 5.76 Å². The van der Waals surface area contributed by atoms with E-state index >= 15 is 0 Å². The Kier molecular flexibility index (Phi) is 3.33. The molecule has 1 N–H and O–H groups in total. The highest BCUT2D eigenvalue weighted by Crippen LogP contribution is 2.33. The van der Waals surface area contributed by atoms with Crippen LogP contribution in [0.25, 0.3) is 0 Å². The molecule has 0 spiro atoms. The van der Waals surface area contributed by atoms with Gasteiger partial charge in [0, 0.05) is 18.0 Å². The lowest BCUT2D eigenvalue weighted by molar-refractivity contribution is -0.138. The number of aromatic nitrogens is 2. The zero-order valence-electron chi connectivity index (χ0n) is 10.7. The molecule has 0 unspecified atom stereocenters. The molecule has 0 aliphatic carbocycles. The van der Waals surface area contributed by atoms with Gasteiger partial charge in [0.05, 0.1) is 23.4 Å². The summed E-state index contributed by atoms with van der Waals surface area (Å²) in [7, 11) is 0. The van der Waals surface area contributed by atoms with Crippen molar-refractivity contribution >= 4 is 5.97 Å². The maximum atomic E-state index is 12.8. The highest BCUT2D eigenvalue weighted by Gasteiger charge is 2.37. The van der Waals surface area contributed by atoms with Gasteiger partial charge >= 0.3 is 12.1 Å². The largest absolute Gasteiger partial charge is 0.478 e. The van der Waals surface area contributed by atoms with E-state index in [9.17, 15) is 18.0 Å². The number of nitrogens with zero attached hydrogens (tertiary/aromatic N) is 2.